The highest BCUT2D eigenvalue weighted by Gasteiger charge is 2.53. The second kappa shape index (κ2) is 6.18. The molecule has 2 fully saturated rings. The molecule has 2 aliphatic heterocycles. The molecule has 1 amide bonds. The Morgan fingerprint density at radius 3 is 2.76 bits per heavy atom. The third-order valence-corrected chi connectivity index (χ3v) is 5.40. The standard InChI is InChI=1S/C17H20N2O6/c20-16(12-8-13(12)19(21)22)18-9-17(3-5-23-6-4-17)11-1-2-14-15(7-11)25-10-24-14/h1-2,7,12-13H,3-6,8-10H2,(H,18,20)/t12-,13+/m0/s1. The molecule has 1 N–H and O–H groups in total. The van der Waals surface area contributed by atoms with Gasteiger partial charge in [-0.05, 0) is 30.5 Å². The quantitative estimate of drug-likeness (QED) is 0.635. The number of benzene rings is 1. The van der Waals surface area contributed by atoms with Gasteiger partial charge < -0.3 is 19.5 Å². The van der Waals surface area contributed by atoms with Gasteiger partial charge in [0.25, 0.3) is 0 Å². The van der Waals surface area contributed by atoms with Gasteiger partial charge in [0.05, 0.1) is 0 Å². The average molecular weight is 348 g/mol. The lowest BCUT2D eigenvalue weighted by Crippen LogP contribution is -2.45. The highest BCUT2D eigenvalue weighted by molar-refractivity contribution is 5.82. The highest BCUT2D eigenvalue weighted by Crippen LogP contribution is 2.41. The molecule has 3 aliphatic rings. The Morgan fingerprint density at radius 1 is 1.28 bits per heavy atom. The lowest BCUT2D eigenvalue weighted by molar-refractivity contribution is -0.497. The van der Waals surface area contributed by atoms with Crippen molar-refractivity contribution in [2.24, 2.45) is 5.92 Å². The van der Waals surface area contributed by atoms with E-state index in [1.807, 2.05) is 18.2 Å². The van der Waals surface area contributed by atoms with E-state index in [1.54, 1.807) is 0 Å². The van der Waals surface area contributed by atoms with Crippen molar-refractivity contribution >= 4 is 5.91 Å². The van der Waals surface area contributed by atoms with Gasteiger partial charge >= 0.3 is 0 Å². The molecule has 2 atom stereocenters. The highest BCUT2D eigenvalue weighted by atomic mass is 16.7. The number of hydrogen-bond donors (Lipinski definition) is 1. The van der Waals surface area contributed by atoms with Crippen LogP contribution in [0.3, 0.4) is 0 Å². The van der Waals surface area contributed by atoms with Crippen LogP contribution in [0, 0.1) is 16.0 Å². The fourth-order valence-electron chi connectivity index (χ4n) is 3.64. The number of amides is 1. The largest absolute Gasteiger partial charge is 0.454 e. The summed E-state index contributed by atoms with van der Waals surface area (Å²) in [6, 6.07) is 5.13. The molecule has 1 aliphatic carbocycles. The van der Waals surface area contributed by atoms with E-state index in [2.05, 4.69) is 5.32 Å². The van der Waals surface area contributed by atoms with E-state index in [1.165, 1.54) is 0 Å². The molecule has 1 aromatic carbocycles. The third kappa shape index (κ3) is 3.02. The van der Waals surface area contributed by atoms with Crippen molar-refractivity contribution in [2.45, 2.75) is 30.7 Å². The van der Waals surface area contributed by atoms with Gasteiger partial charge in [0.2, 0.25) is 18.7 Å². The van der Waals surface area contributed by atoms with Gasteiger partial charge in [-0.1, -0.05) is 6.07 Å². The molecule has 2 heterocycles. The fraction of sp³-hybridized carbons (Fsp3) is 0.588. The van der Waals surface area contributed by atoms with Gasteiger partial charge in [0, 0.05) is 36.5 Å². The molecule has 0 aromatic heterocycles. The molecular formula is C17H20N2O6. The van der Waals surface area contributed by atoms with E-state index in [4.69, 9.17) is 14.2 Å². The molecule has 134 valence electrons. The van der Waals surface area contributed by atoms with Gasteiger partial charge in [-0.15, -0.1) is 0 Å². The first-order valence-electron chi connectivity index (χ1n) is 8.48. The smallest absolute Gasteiger partial charge is 0.231 e. The minimum atomic E-state index is -0.726. The Kier molecular flexibility index (Phi) is 3.99. The minimum Gasteiger partial charge on any atom is -0.454 e. The van der Waals surface area contributed by atoms with Crippen LogP contribution in [0.4, 0.5) is 0 Å². The van der Waals surface area contributed by atoms with Gasteiger partial charge in [-0.2, -0.15) is 0 Å². The van der Waals surface area contributed by atoms with Crippen LogP contribution in [0.5, 0.6) is 11.5 Å². The molecule has 4 rings (SSSR count). The van der Waals surface area contributed by atoms with Gasteiger partial charge in [-0.25, -0.2) is 0 Å². The molecule has 0 spiro atoms. The fourth-order valence-corrected chi connectivity index (χ4v) is 3.64. The van der Waals surface area contributed by atoms with Gasteiger partial charge in [0.15, 0.2) is 11.5 Å². The maximum atomic E-state index is 12.2. The molecule has 1 saturated heterocycles. The number of ether oxygens (including phenoxy) is 3. The minimum absolute atomic E-state index is 0.218. The Bertz CT molecular complexity index is 700. The van der Waals surface area contributed by atoms with Crippen molar-refractivity contribution in [3.05, 3.63) is 33.9 Å². The molecule has 8 heteroatoms. The number of nitrogens with one attached hydrogen (secondary N) is 1. The normalized spacial score (nSPS) is 26.1. The molecule has 0 unspecified atom stereocenters. The Morgan fingerprint density at radius 2 is 2.04 bits per heavy atom. The predicted octanol–water partition coefficient (Wildman–Crippen LogP) is 1.24. The molecule has 0 bridgehead atoms. The van der Waals surface area contributed by atoms with Gasteiger partial charge in [-0.3, -0.25) is 14.9 Å². The van der Waals surface area contributed by atoms with Crippen LogP contribution in [0.25, 0.3) is 0 Å². The maximum Gasteiger partial charge on any atom is 0.231 e. The molecule has 25 heavy (non-hydrogen) atoms. The predicted molar refractivity (Wildman–Crippen MR) is 86.2 cm³/mol. The van der Waals surface area contributed by atoms with Crippen LogP contribution in [0.15, 0.2) is 18.2 Å². The second-order valence-electron chi connectivity index (χ2n) is 6.87. The van der Waals surface area contributed by atoms with E-state index in [-0.39, 0.29) is 23.0 Å². The summed E-state index contributed by atoms with van der Waals surface area (Å²) in [5.74, 6) is 0.712. The number of fused-ring (bicyclic) bond motifs is 1. The maximum absolute atomic E-state index is 12.2. The van der Waals surface area contributed by atoms with Crippen molar-refractivity contribution in [3.63, 3.8) is 0 Å². The van der Waals surface area contributed by atoms with Crippen molar-refractivity contribution in [1.82, 2.24) is 5.32 Å². The summed E-state index contributed by atoms with van der Waals surface area (Å²) in [6.07, 6.45) is 1.88. The van der Waals surface area contributed by atoms with Crippen molar-refractivity contribution < 1.29 is 23.9 Å². The lowest BCUT2D eigenvalue weighted by Gasteiger charge is -2.38. The summed E-state index contributed by atoms with van der Waals surface area (Å²) in [7, 11) is 0. The van der Waals surface area contributed by atoms with E-state index >= 15 is 0 Å². The van der Waals surface area contributed by atoms with E-state index in [0.29, 0.717) is 31.9 Å². The first-order valence-corrected chi connectivity index (χ1v) is 8.48. The zero-order valence-electron chi connectivity index (χ0n) is 13.7. The van der Waals surface area contributed by atoms with Crippen molar-refractivity contribution in [3.8, 4) is 11.5 Å². The van der Waals surface area contributed by atoms with Gasteiger partial charge in [0.1, 0.15) is 5.92 Å². The summed E-state index contributed by atoms with van der Waals surface area (Å²) >= 11 is 0. The van der Waals surface area contributed by atoms with Crippen molar-refractivity contribution in [1.29, 1.82) is 0 Å². The molecule has 1 aromatic rings. The first kappa shape index (κ1) is 16.1. The summed E-state index contributed by atoms with van der Waals surface area (Å²) in [4.78, 5) is 22.6. The topological polar surface area (TPSA) is 99.9 Å². The van der Waals surface area contributed by atoms with Crippen LogP contribution in [0.2, 0.25) is 0 Å². The summed E-state index contributed by atoms with van der Waals surface area (Å²) in [6.45, 7) is 1.89. The number of carbonyl (C=O) groups excluding carboxylic acids is 1. The molecule has 1 saturated carbocycles. The summed E-state index contributed by atoms with van der Waals surface area (Å²) in [5, 5.41) is 13.7. The summed E-state index contributed by atoms with van der Waals surface area (Å²) in [5.41, 5.74) is 0.815. The number of nitro groups is 1. The lowest BCUT2D eigenvalue weighted by atomic mass is 9.74. The zero-order chi connectivity index (χ0) is 17.4. The Labute approximate surface area is 144 Å². The molecule has 8 nitrogen and oxygen atoms in total. The van der Waals surface area contributed by atoms with Crippen LogP contribution in [0.1, 0.15) is 24.8 Å². The number of nitrogens with zero attached hydrogens (tertiary/aromatic N) is 1. The van der Waals surface area contributed by atoms with E-state index in [9.17, 15) is 14.9 Å². The van der Waals surface area contributed by atoms with Crippen LogP contribution in [-0.4, -0.2) is 43.4 Å². The van der Waals surface area contributed by atoms with Crippen LogP contribution >= 0.6 is 0 Å². The Balaban J connectivity index is 1.50. The third-order valence-electron chi connectivity index (χ3n) is 5.40. The molecular weight excluding hydrogens is 328 g/mol. The number of rotatable bonds is 5. The molecule has 0 radical (unpaired) electrons. The van der Waals surface area contributed by atoms with Crippen LogP contribution in [-0.2, 0) is 14.9 Å². The SMILES string of the molecule is O=C(NCC1(c2ccc3c(c2)OCO3)CCOCC1)[C@H]1C[C@H]1[N+](=O)[O-]. The van der Waals surface area contributed by atoms with E-state index < -0.39 is 12.0 Å². The van der Waals surface area contributed by atoms with E-state index in [0.717, 1.165) is 24.2 Å². The monoisotopic (exact) mass is 348 g/mol. The summed E-state index contributed by atoms with van der Waals surface area (Å²) < 4.78 is 16.3. The zero-order valence-corrected chi connectivity index (χ0v) is 13.7. The second-order valence-corrected chi connectivity index (χ2v) is 6.87. The average Bonchev–Trinajstić information content (AvgIpc) is 3.31. The van der Waals surface area contributed by atoms with Crippen LogP contribution < -0.4 is 14.8 Å². The Hall–Kier alpha value is -2.35. The first-order chi connectivity index (χ1) is 12.1. The number of hydrogen-bond acceptors (Lipinski definition) is 6. The number of carbonyl (C=O) groups is 1. The van der Waals surface area contributed by atoms with Crippen molar-refractivity contribution in [2.75, 3.05) is 26.6 Å².